The summed E-state index contributed by atoms with van der Waals surface area (Å²) in [6.45, 7) is 2.00. The predicted octanol–water partition coefficient (Wildman–Crippen LogP) is 3.79. The predicted molar refractivity (Wildman–Crippen MR) is 97.4 cm³/mol. The van der Waals surface area contributed by atoms with Crippen LogP contribution < -0.4 is 15.4 Å². The Morgan fingerprint density at radius 1 is 0.960 bits per heavy atom. The average Bonchev–Trinajstić information content (AvgIpc) is 2.64. The van der Waals surface area contributed by atoms with Crippen LogP contribution in [0.1, 0.15) is 16.1 Å². The third-order valence-corrected chi connectivity index (χ3v) is 3.65. The Balaban J connectivity index is 1.71. The van der Waals surface area contributed by atoms with Gasteiger partial charge in [0, 0.05) is 5.69 Å². The third kappa shape index (κ3) is 3.92. The van der Waals surface area contributed by atoms with Gasteiger partial charge in [-0.05, 0) is 30.7 Å². The number of rotatable bonds is 5. The number of amides is 1. The quantitative estimate of drug-likeness (QED) is 0.742. The zero-order valence-electron chi connectivity index (χ0n) is 14.0. The zero-order valence-corrected chi connectivity index (χ0v) is 14.0. The molecule has 126 valence electrons. The van der Waals surface area contributed by atoms with E-state index in [0.717, 1.165) is 11.3 Å². The molecule has 1 heterocycles. The van der Waals surface area contributed by atoms with Crippen LogP contribution in [0, 0.1) is 6.92 Å². The summed E-state index contributed by atoms with van der Waals surface area (Å²) in [6, 6.07) is 15.1. The van der Waals surface area contributed by atoms with E-state index in [2.05, 4.69) is 20.6 Å². The van der Waals surface area contributed by atoms with Crippen LogP contribution in [0.3, 0.4) is 0 Å². The van der Waals surface area contributed by atoms with Gasteiger partial charge >= 0.3 is 0 Å². The molecular weight excluding hydrogens is 316 g/mol. The number of hydrogen-bond donors (Lipinski definition) is 2. The number of nitrogens with one attached hydrogen (secondary N) is 2. The molecule has 0 saturated heterocycles. The fraction of sp³-hybridized carbons (Fsp3) is 0.105. The van der Waals surface area contributed by atoms with Gasteiger partial charge in [0.1, 0.15) is 17.3 Å². The summed E-state index contributed by atoms with van der Waals surface area (Å²) < 4.78 is 5.22. The molecule has 2 aromatic carbocycles. The van der Waals surface area contributed by atoms with Crippen molar-refractivity contribution in [1.82, 2.24) is 9.97 Å². The van der Waals surface area contributed by atoms with Crippen molar-refractivity contribution in [1.29, 1.82) is 0 Å². The van der Waals surface area contributed by atoms with Gasteiger partial charge < -0.3 is 15.4 Å². The van der Waals surface area contributed by atoms with Gasteiger partial charge in [0.05, 0.1) is 25.2 Å². The molecule has 0 bridgehead atoms. The molecule has 6 heteroatoms. The van der Waals surface area contributed by atoms with Crippen molar-refractivity contribution in [2.24, 2.45) is 0 Å². The van der Waals surface area contributed by atoms with Crippen molar-refractivity contribution in [3.05, 3.63) is 72.2 Å². The van der Waals surface area contributed by atoms with Gasteiger partial charge in [-0.25, -0.2) is 9.97 Å². The average molecular weight is 334 g/mol. The molecule has 0 aliphatic carbocycles. The number of carbonyl (C=O) groups is 1. The Morgan fingerprint density at radius 2 is 1.68 bits per heavy atom. The fourth-order valence-electron chi connectivity index (χ4n) is 2.30. The molecule has 2 N–H and O–H groups in total. The lowest BCUT2D eigenvalue weighted by molar-refractivity contribution is 0.102. The molecule has 0 spiro atoms. The van der Waals surface area contributed by atoms with E-state index in [-0.39, 0.29) is 11.6 Å². The van der Waals surface area contributed by atoms with E-state index in [1.807, 2.05) is 43.3 Å². The van der Waals surface area contributed by atoms with Crippen LogP contribution in [-0.2, 0) is 0 Å². The summed E-state index contributed by atoms with van der Waals surface area (Å²) in [7, 11) is 1.55. The van der Waals surface area contributed by atoms with E-state index in [1.165, 1.54) is 12.4 Å². The Bertz CT molecular complexity index is 879. The van der Waals surface area contributed by atoms with Crippen LogP contribution in [0.25, 0.3) is 0 Å². The second-order valence-electron chi connectivity index (χ2n) is 5.38. The van der Waals surface area contributed by atoms with Crippen molar-refractivity contribution in [3.63, 3.8) is 0 Å². The first-order chi connectivity index (χ1) is 12.2. The molecule has 25 heavy (non-hydrogen) atoms. The fourth-order valence-corrected chi connectivity index (χ4v) is 2.30. The van der Waals surface area contributed by atoms with Gasteiger partial charge in [0.25, 0.3) is 5.91 Å². The first-order valence-corrected chi connectivity index (χ1v) is 7.76. The highest BCUT2D eigenvalue weighted by molar-refractivity contribution is 6.03. The molecular formula is C19H18N4O2. The van der Waals surface area contributed by atoms with Crippen molar-refractivity contribution >= 4 is 23.1 Å². The Hall–Kier alpha value is -3.41. The molecule has 3 aromatic rings. The Morgan fingerprint density at radius 3 is 2.36 bits per heavy atom. The standard InChI is InChI=1S/C19H18N4O2/c1-13-7-3-4-8-14(13)22-18-12-20-16(11-21-18)19(24)23-15-9-5-6-10-17(15)25-2/h3-12H,1-2H3,(H,21,22)(H,23,24). The summed E-state index contributed by atoms with van der Waals surface area (Å²) in [6.07, 6.45) is 2.97. The van der Waals surface area contributed by atoms with Gasteiger partial charge in [-0.2, -0.15) is 0 Å². The monoisotopic (exact) mass is 334 g/mol. The number of ether oxygens (including phenoxy) is 1. The smallest absolute Gasteiger partial charge is 0.275 e. The number of aromatic nitrogens is 2. The highest BCUT2D eigenvalue weighted by Gasteiger charge is 2.11. The van der Waals surface area contributed by atoms with Gasteiger partial charge in [-0.15, -0.1) is 0 Å². The van der Waals surface area contributed by atoms with Crippen molar-refractivity contribution in [2.45, 2.75) is 6.92 Å². The summed E-state index contributed by atoms with van der Waals surface area (Å²) in [5.41, 5.74) is 2.85. The lowest BCUT2D eigenvalue weighted by Gasteiger charge is -2.10. The molecule has 1 amide bonds. The van der Waals surface area contributed by atoms with Crippen molar-refractivity contribution < 1.29 is 9.53 Å². The molecule has 3 rings (SSSR count). The number of aryl methyl sites for hydroxylation is 1. The second kappa shape index (κ2) is 7.44. The highest BCUT2D eigenvalue weighted by Crippen LogP contribution is 2.23. The summed E-state index contributed by atoms with van der Waals surface area (Å²) in [5, 5.41) is 5.95. The number of benzene rings is 2. The number of anilines is 3. The normalized spacial score (nSPS) is 10.2. The largest absolute Gasteiger partial charge is 0.495 e. The maximum absolute atomic E-state index is 12.3. The number of nitrogens with zero attached hydrogens (tertiary/aromatic N) is 2. The third-order valence-electron chi connectivity index (χ3n) is 3.65. The van der Waals surface area contributed by atoms with Crippen LogP contribution in [0.15, 0.2) is 60.9 Å². The first kappa shape index (κ1) is 16.4. The number of methoxy groups -OCH3 is 1. The van der Waals surface area contributed by atoms with E-state index in [4.69, 9.17) is 4.74 Å². The van der Waals surface area contributed by atoms with E-state index < -0.39 is 0 Å². The number of hydrogen-bond acceptors (Lipinski definition) is 5. The molecule has 0 atom stereocenters. The lowest BCUT2D eigenvalue weighted by atomic mass is 10.2. The number of para-hydroxylation sites is 3. The second-order valence-corrected chi connectivity index (χ2v) is 5.38. The molecule has 0 radical (unpaired) electrons. The van der Waals surface area contributed by atoms with Gasteiger partial charge in [0.2, 0.25) is 0 Å². The first-order valence-electron chi connectivity index (χ1n) is 7.76. The molecule has 0 saturated carbocycles. The maximum atomic E-state index is 12.3. The number of carbonyl (C=O) groups excluding carboxylic acids is 1. The van der Waals surface area contributed by atoms with E-state index in [1.54, 1.807) is 19.2 Å². The Labute approximate surface area is 145 Å². The van der Waals surface area contributed by atoms with Gasteiger partial charge in [-0.3, -0.25) is 4.79 Å². The van der Waals surface area contributed by atoms with Crippen LogP contribution in [0.5, 0.6) is 5.75 Å². The van der Waals surface area contributed by atoms with Crippen molar-refractivity contribution in [2.75, 3.05) is 17.7 Å². The minimum absolute atomic E-state index is 0.223. The lowest BCUT2D eigenvalue weighted by Crippen LogP contribution is -2.14. The topological polar surface area (TPSA) is 76.1 Å². The summed E-state index contributed by atoms with van der Waals surface area (Å²) in [4.78, 5) is 20.7. The highest BCUT2D eigenvalue weighted by atomic mass is 16.5. The van der Waals surface area contributed by atoms with Crippen LogP contribution in [0.4, 0.5) is 17.2 Å². The van der Waals surface area contributed by atoms with E-state index in [0.29, 0.717) is 17.3 Å². The van der Waals surface area contributed by atoms with E-state index in [9.17, 15) is 4.79 Å². The van der Waals surface area contributed by atoms with Crippen molar-refractivity contribution in [3.8, 4) is 5.75 Å². The Kier molecular flexibility index (Phi) is 4.89. The SMILES string of the molecule is COc1ccccc1NC(=O)c1cnc(Nc2ccccc2C)cn1. The minimum Gasteiger partial charge on any atom is -0.495 e. The van der Waals surface area contributed by atoms with Gasteiger partial charge in [0.15, 0.2) is 0 Å². The zero-order chi connectivity index (χ0) is 17.6. The molecule has 1 aromatic heterocycles. The van der Waals surface area contributed by atoms with Crippen LogP contribution in [-0.4, -0.2) is 23.0 Å². The van der Waals surface area contributed by atoms with Crippen LogP contribution >= 0.6 is 0 Å². The maximum Gasteiger partial charge on any atom is 0.275 e. The minimum atomic E-state index is -0.348. The summed E-state index contributed by atoms with van der Waals surface area (Å²) in [5.74, 6) is 0.809. The molecule has 0 unspecified atom stereocenters. The molecule has 0 aliphatic rings. The van der Waals surface area contributed by atoms with Gasteiger partial charge in [-0.1, -0.05) is 30.3 Å². The van der Waals surface area contributed by atoms with E-state index >= 15 is 0 Å². The molecule has 0 fully saturated rings. The summed E-state index contributed by atoms with van der Waals surface area (Å²) >= 11 is 0. The molecule has 0 aliphatic heterocycles. The molecule has 6 nitrogen and oxygen atoms in total. The van der Waals surface area contributed by atoms with Crippen LogP contribution in [0.2, 0.25) is 0 Å².